The highest BCUT2D eigenvalue weighted by Crippen LogP contribution is 2.37. The number of nitrogens with one attached hydrogen (secondary N) is 1. The average molecular weight is 416 g/mol. The van der Waals surface area contributed by atoms with Gasteiger partial charge in [-0.15, -0.1) is 12.4 Å². The quantitative estimate of drug-likeness (QED) is 0.819. The number of benzene rings is 1. The highest BCUT2D eigenvalue weighted by molar-refractivity contribution is 7.89. The summed E-state index contributed by atoms with van der Waals surface area (Å²) in [6.45, 7) is 7.25. The normalized spacial score (nSPS) is 19.5. The molecule has 0 unspecified atom stereocenters. The number of likely N-dealkylation sites (tertiary alicyclic amines) is 1. The standard InChI is InChI=1S/C19H29N3O3S.ClH/c1-15(2)21(3)26(24,25)17-6-4-5-16(13-17)18(23)22-11-8-19(9-12-22)7-10-20-14-19;/h4-6,13,15,20H,7-12,14H2,1-3H3;1H. The van der Waals surface area contributed by atoms with Gasteiger partial charge in [0.1, 0.15) is 0 Å². The average Bonchev–Trinajstić information content (AvgIpc) is 3.09. The molecule has 27 heavy (non-hydrogen) atoms. The second kappa shape index (κ2) is 8.47. The minimum atomic E-state index is -3.59. The van der Waals surface area contributed by atoms with Crippen LogP contribution in [0.2, 0.25) is 0 Å². The number of sulfonamides is 1. The monoisotopic (exact) mass is 415 g/mol. The summed E-state index contributed by atoms with van der Waals surface area (Å²) in [4.78, 5) is 14.9. The van der Waals surface area contributed by atoms with Crippen molar-refractivity contribution in [1.82, 2.24) is 14.5 Å². The Morgan fingerprint density at radius 1 is 1.22 bits per heavy atom. The van der Waals surface area contributed by atoms with Gasteiger partial charge in [-0.1, -0.05) is 6.07 Å². The molecule has 0 atom stereocenters. The summed E-state index contributed by atoms with van der Waals surface area (Å²) in [7, 11) is -2.03. The molecule has 0 saturated carbocycles. The van der Waals surface area contributed by atoms with E-state index in [2.05, 4.69) is 5.32 Å². The maximum absolute atomic E-state index is 12.9. The van der Waals surface area contributed by atoms with E-state index in [1.54, 1.807) is 25.2 Å². The van der Waals surface area contributed by atoms with Crippen LogP contribution in [0.15, 0.2) is 29.2 Å². The van der Waals surface area contributed by atoms with Gasteiger partial charge in [0.15, 0.2) is 0 Å². The molecule has 2 aliphatic heterocycles. The van der Waals surface area contributed by atoms with Crippen LogP contribution < -0.4 is 5.32 Å². The molecule has 0 aromatic heterocycles. The van der Waals surface area contributed by atoms with Gasteiger partial charge >= 0.3 is 0 Å². The number of hydrogen-bond donors (Lipinski definition) is 1. The zero-order valence-electron chi connectivity index (χ0n) is 16.3. The first-order valence-electron chi connectivity index (χ1n) is 9.33. The number of rotatable bonds is 4. The Hall–Kier alpha value is -1.15. The molecule has 2 saturated heterocycles. The molecule has 152 valence electrons. The molecule has 1 amide bonds. The number of carbonyl (C=O) groups is 1. The minimum absolute atomic E-state index is 0. The van der Waals surface area contributed by atoms with Crippen molar-refractivity contribution in [3.05, 3.63) is 29.8 Å². The summed E-state index contributed by atoms with van der Waals surface area (Å²) in [5.74, 6) is -0.0740. The van der Waals surface area contributed by atoms with Crippen molar-refractivity contribution in [3.63, 3.8) is 0 Å². The summed E-state index contributed by atoms with van der Waals surface area (Å²) in [6, 6.07) is 6.29. The molecule has 1 N–H and O–H groups in total. The fourth-order valence-electron chi connectivity index (χ4n) is 3.82. The summed E-state index contributed by atoms with van der Waals surface area (Å²) >= 11 is 0. The van der Waals surface area contributed by atoms with Gasteiger partial charge in [-0.3, -0.25) is 4.79 Å². The molecule has 1 spiro atoms. The second-order valence-electron chi connectivity index (χ2n) is 7.86. The molecule has 0 radical (unpaired) electrons. The van der Waals surface area contributed by atoms with Gasteiger partial charge in [-0.05, 0) is 63.3 Å². The lowest BCUT2D eigenvalue weighted by Gasteiger charge is -2.39. The summed E-state index contributed by atoms with van der Waals surface area (Å²) in [5, 5.41) is 3.43. The van der Waals surface area contributed by atoms with Crippen molar-refractivity contribution in [3.8, 4) is 0 Å². The van der Waals surface area contributed by atoms with Gasteiger partial charge in [0.25, 0.3) is 5.91 Å². The first-order chi connectivity index (χ1) is 12.3. The number of halogens is 1. The van der Waals surface area contributed by atoms with Crippen LogP contribution in [0.1, 0.15) is 43.5 Å². The molecule has 2 fully saturated rings. The predicted molar refractivity (Wildman–Crippen MR) is 109 cm³/mol. The van der Waals surface area contributed by atoms with Gasteiger partial charge in [0.2, 0.25) is 10.0 Å². The van der Waals surface area contributed by atoms with Gasteiger partial charge in [-0.2, -0.15) is 4.31 Å². The van der Waals surface area contributed by atoms with Gasteiger partial charge in [0, 0.05) is 38.3 Å². The first kappa shape index (κ1) is 22.1. The number of amides is 1. The lowest BCUT2D eigenvalue weighted by Crippen LogP contribution is -2.44. The fourth-order valence-corrected chi connectivity index (χ4v) is 5.24. The van der Waals surface area contributed by atoms with Crippen molar-refractivity contribution in [2.24, 2.45) is 5.41 Å². The lowest BCUT2D eigenvalue weighted by atomic mass is 9.78. The van der Waals surface area contributed by atoms with Crippen molar-refractivity contribution >= 4 is 28.3 Å². The Morgan fingerprint density at radius 2 is 1.89 bits per heavy atom. The lowest BCUT2D eigenvalue weighted by molar-refractivity contribution is 0.0607. The number of nitrogens with zero attached hydrogens (tertiary/aromatic N) is 2. The van der Waals surface area contributed by atoms with Crippen LogP contribution in [-0.2, 0) is 10.0 Å². The third-order valence-electron chi connectivity index (χ3n) is 5.93. The van der Waals surface area contributed by atoms with Gasteiger partial charge in [0.05, 0.1) is 4.90 Å². The van der Waals surface area contributed by atoms with Gasteiger partial charge in [-0.25, -0.2) is 8.42 Å². The molecule has 2 aliphatic rings. The number of carbonyl (C=O) groups excluding carboxylic acids is 1. The van der Waals surface area contributed by atoms with Crippen molar-refractivity contribution < 1.29 is 13.2 Å². The van der Waals surface area contributed by atoms with E-state index in [4.69, 9.17) is 0 Å². The van der Waals surface area contributed by atoms with Gasteiger partial charge < -0.3 is 10.2 Å². The van der Waals surface area contributed by atoms with E-state index in [-0.39, 0.29) is 29.3 Å². The molecule has 6 nitrogen and oxygen atoms in total. The van der Waals surface area contributed by atoms with E-state index in [9.17, 15) is 13.2 Å². The maximum Gasteiger partial charge on any atom is 0.253 e. The van der Waals surface area contributed by atoms with Crippen molar-refractivity contribution in [2.45, 2.75) is 44.0 Å². The highest BCUT2D eigenvalue weighted by atomic mass is 35.5. The number of piperidine rings is 1. The maximum atomic E-state index is 12.9. The van der Waals surface area contributed by atoms with E-state index >= 15 is 0 Å². The molecule has 0 bridgehead atoms. The summed E-state index contributed by atoms with van der Waals surface area (Å²) < 4.78 is 26.7. The van der Waals surface area contributed by atoms with Crippen LogP contribution in [-0.4, -0.2) is 62.8 Å². The summed E-state index contributed by atoms with van der Waals surface area (Å²) in [6.07, 6.45) is 3.21. The second-order valence-corrected chi connectivity index (χ2v) is 9.86. The SMILES string of the molecule is CC(C)N(C)S(=O)(=O)c1cccc(C(=O)N2CCC3(CCNC3)CC2)c1.Cl. The van der Waals surface area contributed by atoms with Crippen molar-refractivity contribution in [1.29, 1.82) is 0 Å². The Labute approximate surface area is 168 Å². The Kier molecular flexibility index (Phi) is 6.95. The molecule has 1 aromatic carbocycles. The van der Waals surface area contributed by atoms with Crippen molar-refractivity contribution in [2.75, 3.05) is 33.2 Å². The van der Waals surface area contributed by atoms with E-state index in [1.807, 2.05) is 18.7 Å². The molecule has 1 aromatic rings. The highest BCUT2D eigenvalue weighted by Gasteiger charge is 2.38. The fraction of sp³-hybridized carbons (Fsp3) is 0.632. The zero-order chi connectivity index (χ0) is 18.9. The van der Waals surface area contributed by atoms with Crippen LogP contribution in [0.25, 0.3) is 0 Å². The topological polar surface area (TPSA) is 69.7 Å². The Balaban J connectivity index is 0.00000261. The predicted octanol–water partition coefficient (Wildman–Crippen LogP) is 2.35. The molecular formula is C19H30ClN3O3S. The van der Waals surface area contributed by atoms with Crippen LogP contribution in [0.5, 0.6) is 0 Å². The van der Waals surface area contributed by atoms with E-state index in [0.717, 1.165) is 39.0 Å². The summed E-state index contributed by atoms with van der Waals surface area (Å²) in [5.41, 5.74) is 0.797. The van der Waals surface area contributed by atoms with Crippen LogP contribution in [0.4, 0.5) is 0 Å². The molecule has 3 rings (SSSR count). The molecule has 2 heterocycles. The van der Waals surface area contributed by atoms with Crippen LogP contribution in [0, 0.1) is 5.41 Å². The first-order valence-corrected chi connectivity index (χ1v) is 10.8. The smallest absolute Gasteiger partial charge is 0.253 e. The molecule has 8 heteroatoms. The third-order valence-corrected chi connectivity index (χ3v) is 7.96. The third kappa shape index (κ3) is 4.47. The largest absolute Gasteiger partial charge is 0.339 e. The Bertz CT molecular complexity index is 766. The minimum Gasteiger partial charge on any atom is -0.339 e. The van der Waals surface area contributed by atoms with E-state index < -0.39 is 10.0 Å². The van der Waals surface area contributed by atoms with Crippen LogP contribution >= 0.6 is 12.4 Å². The van der Waals surface area contributed by atoms with E-state index in [1.165, 1.54) is 16.8 Å². The van der Waals surface area contributed by atoms with E-state index in [0.29, 0.717) is 11.0 Å². The number of hydrogen-bond acceptors (Lipinski definition) is 4. The molecular weight excluding hydrogens is 386 g/mol. The molecule has 0 aliphatic carbocycles. The zero-order valence-corrected chi connectivity index (χ0v) is 17.9. The van der Waals surface area contributed by atoms with Crippen LogP contribution in [0.3, 0.4) is 0 Å². The Morgan fingerprint density at radius 3 is 2.44 bits per heavy atom.